The topological polar surface area (TPSA) is 66.4 Å². The fraction of sp³-hybridized carbons (Fsp3) is 0.600. The summed E-state index contributed by atoms with van der Waals surface area (Å²) in [5.74, 6) is 0.758. The van der Waals surface area contributed by atoms with E-state index in [1.54, 1.807) is 17.8 Å². The molecule has 1 atom stereocenters. The lowest BCUT2D eigenvalue weighted by atomic mass is 10.3. The first-order valence-corrected chi connectivity index (χ1v) is 8.93. The van der Waals surface area contributed by atoms with E-state index in [-0.39, 0.29) is 16.9 Å². The van der Waals surface area contributed by atoms with Crippen LogP contribution in [0.25, 0.3) is 0 Å². The number of hydrogen-bond acceptors (Lipinski definition) is 5. The highest BCUT2D eigenvalue weighted by Gasteiger charge is 2.20. The molecule has 7 heteroatoms. The molecule has 0 saturated carbocycles. The Balaban J connectivity index is 2.80. The Morgan fingerprint density at radius 2 is 2.24 bits per heavy atom. The van der Waals surface area contributed by atoms with Crippen LogP contribution in [0.1, 0.15) is 18.2 Å². The molecule has 2 N–H and O–H groups in total. The lowest BCUT2D eigenvalue weighted by Gasteiger charge is -2.14. The Morgan fingerprint density at radius 3 is 2.71 bits per heavy atom. The van der Waals surface area contributed by atoms with E-state index in [2.05, 4.69) is 4.72 Å². The van der Waals surface area contributed by atoms with Crippen molar-refractivity contribution in [1.29, 1.82) is 0 Å². The van der Waals surface area contributed by atoms with Crippen LogP contribution in [0.3, 0.4) is 0 Å². The zero-order valence-electron chi connectivity index (χ0n) is 9.84. The quantitative estimate of drug-likeness (QED) is 0.803. The molecular weight excluding hydrogens is 278 g/mol. The van der Waals surface area contributed by atoms with Gasteiger partial charge in [0.15, 0.2) is 0 Å². The molecule has 98 valence electrons. The van der Waals surface area contributed by atoms with Crippen LogP contribution < -0.4 is 4.72 Å². The number of rotatable bonds is 7. The van der Waals surface area contributed by atoms with E-state index in [0.717, 1.165) is 23.5 Å². The van der Waals surface area contributed by atoms with E-state index in [0.29, 0.717) is 4.88 Å². The molecule has 17 heavy (non-hydrogen) atoms. The van der Waals surface area contributed by atoms with Gasteiger partial charge in [-0.05, 0) is 24.8 Å². The van der Waals surface area contributed by atoms with Crippen LogP contribution in [0.5, 0.6) is 0 Å². The molecule has 0 aliphatic heterocycles. The minimum Gasteiger partial charge on any atom is -0.391 e. The first kappa shape index (κ1) is 15.0. The standard InChI is InChI=1S/C10H17NO3S3/c1-3-8(7-15-2)11-17(13,14)10-5-4-9(6-12)16-10/h4-5,8,11-12H,3,6-7H2,1-2H3. The van der Waals surface area contributed by atoms with Gasteiger partial charge in [-0.3, -0.25) is 0 Å². The Hall–Kier alpha value is -0.0800. The van der Waals surface area contributed by atoms with E-state index < -0.39 is 10.0 Å². The number of thiophene rings is 1. The van der Waals surface area contributed by atoms with Crippen LogP contribution in [-0.2, 0) is 16.6 Å². The molecule has 4 nitrogen and oxygen atoms in total. The number of aliphatic hydroxyl groups excluding tert-OH is 1. The number of sulfonamides is 1. The van der Waals surface area contributed by atoms with Crippen LogP contribution >= 0.6 is 23.1 Å². The molecule has 1 rings (SSSR count). The zero-order chi connectivity index (χ0) is 12.9. The molecule has 1 heterocycles. The van der Waals surface area contributed by atoms with Gasteiger partial charge in [0.2, 0.25) is 10.0 Å². The maximum atomic E-state index is 12.0. The van der Waals surface area contributed by atoms with Crippen molar-refractivity contribution in [3.05, 3.63) is 17.0 Å². The molecule has 0 aliphatic carbocycles. The van der Waals surface area contributed by atoms with Crippen molar-refractivity contribution in [2.24, 2.45) is 0 Å². The van der Waals surface area contributed by atoms with Gasteiger partial charge in [-0.25, -0.2) is 13.1 Å². The summed E-state index contributed by atoms with van der Waals surface area (Å²) in [6.07, 6.45) is 2.71. The third-order valence-corrected chi connectivity index (χ3v) is 6.06. The predicted octanol–water partition coefficient (Wildman–Crippen LogP) is 1.66. The number of aliphatic hydroxyl groups is 1. The average Bonchev–Trinajstić information content (AvgIpc) is 2.77. The zero-order valence-corrected chi connectivity index (χ0v) is 12.3. The van der Waals surface area contributed by atoms with Gasteiger partial charge in [-0.2, -0.15) is 11.8 Å². The first-order chi connectivity index (χ1) is 8.03. The molecule has 0 bridgehead atoms. The van der Waals surface area contributed by atoms with Gasteiger partial charge in [0.25, 0.3) is 0 Å². The Kier molecular flexibility index (Phi) is 5.94. The highest BCUT2D eigenvalue weighted by molar-refractivity contribution is 7.98. The van der Waals surface area contributed by atoms with E-state index >= 15 is 0 Å². The van der Waals surface area contributed by atoms with Crippen molar-refractivity contribution in [1.82, 2.24) is 4.72 Å². The number of nitrogens with one attached hydrogen (secondary N) is 1. The van der Waals surface area contributed by atoms with Crippen LogP contribution in [0, 0.1) is 0 Å². The third-order valence-electron chi connectivity index (χ3n) is 2.24. The molecule has 1 unspecified atom stereocenters. The molecular formula is C10H17NO3S3. The van der Waals surface area contributed by atoms with Gasteiger partial charge in [-0.15, -0.1) is 11.3 Å². The van der Waals surface area contributed by atoms with Gasteiger partial charge in [0, 0.05) is 16.7 Å². The normalized spacial score (nSPS) is 13.8. The fourth-order valence-corrected chi connectivity index (χ4v) is 4.68. The molecule has 1 aromatic heterocycles. The average molecular weight is 295 g/mol. The summed E-state index contributed by atoms with van der Waals surface area (Å²) in [4.78, 5) is 0.656. The maximum absolute atomic E-state index is 12.0. The largest absolute Gasteiger partial charge is 0.391 e. The highest BCUT2D eigenvalue weighted by atomic mass is 32.2. The van der Waals surface area contributed by atoms with E-state index in [9.17, 15) is 8.42 Å². The molecule has 0 spiro atoms. The molecule has 0 fully saturated rings. The SMILES string of the molecule is CCC(CSC)NS(=O)(=O)c1ccc(CO)s1. The second-order valence-corrected chi connectivity index (χ2v) is 7.58. The van der Waals surface area contributed by atoms with Crippen LogP contribution in [0.4, 0.5) is 0 Å². The number of thioether (sulfide) groups is 1. The maximum Gasteiger partial charge on any atom is 0.250 e. The minimum atomic E-state index is -3.44. The Bertz CT molecular complexity index is 441. The van der Waals surface area contributed by atoms with Crippen molar-refractivity contribution in [2.45, 2.75) is 30.2 Å². The van der Waals surface area contributed by atoms with E-state index in [1.807, 2.05) is 13.2 Å². The Morgan fingerprint density at radius 1 is 1.53 bits per heavy atom. The summed E-state index contributed by atoms with van der Waals surface area (Å²) in [6, 6.07) is 3.12. The van der Waals surface area contributed by atoms with E-state index in [1.165, 1.54) is 6.07 Å². The van der Waals surface area contributed by atoms with Gasteiger partial charge in [0.1, 0.15) is 4.21 Å². The van der Waals surface area contributed by atoms with Gasteiger partial charge < -0.3 is 5.11 Å². The van der Waals surface area contributed by atoms with Crippen LogP contribution in [-0.4, -0.2) is 31.6 Å². The molecule has 0 amide bonds. The lowest BCUT2D eigenvalue weighted by Crippen LogP contribution is -2.35. The van der Waals surface area contributed by atoms with Crippen molar-refractivity contribution in [3.63, 3.8) is 0 Å². The van der Waals surface area contributed by atoms with Gasteiger partial charge >= 0.3 is 0 Å². The van der Waals surface area contributed by atoms with Crippen molar-refractivity contribution >= 4 is 33.1 Å². The molecule has 0 aliphatic rings. The van der Waals surface area contributed by atoms with Crippen LogP contribution in [0.2, 0.25) is 0 Å². The second-order valence-electron chi connectivity index (χ2n) is 3.56. The summed E-state index contributed by atoms with van der Waals surface area (Å²) in [7, 11) is -3.44. The summed E-state index contributed by atoms with van der Waals surface area (Å²) in [5, 5.41) is 8.92. The third kappa shape index (κ3) is 4.26. The van der Waals surface area contributed by atoms with Crippen molar-refractivity contribution in [2.75, 3.05) is 12.0 Å². The van der Waals surface area contributed by atoms with Gasteiger partial charge in [-0.1, -0.05) is 6.92 Å². The monoisotopic (exact) mass is 295 g/mol. The summed E-state index contributed by atoms with van der Waals surface area (Å²) < 4.78 is 27.0. The second kappa shape index (κ2) is 6.75. The lowest BCUT2D eigenvalue weighted by molar-refractivity contribution is 0.285. The fourth-order valence-electron chi connectivity index (χ4n) is 1.30. The molecule has 1 aromatic rings. The summed E-state index contributed by atoms with van der Waals surface area (Å²) >= 11 is 2.72. The predicted molar refractivity (Wildman–Crippen MR) is 73.0 cm³/mol. The smallest absolute Gasteiger partial charge is 0.250 e. The Labute approximate surface area is 110 Å². The number of hydrogen-bond donors (Lipinski definition) is 2. The highest BCUT2D eigenvalue weighted by Crippen LogP contribution is 2.22. The summed E-state index contributed by atoms with van der Waals surface area (Å²) in [5.41, 5.74) is 0. The molecule has 0 radical (unpaired) electrons. The minimum absolute atomic E-state index is 0.0466. The van der Waals surface area contributed by atoms with Crippen molar-refractivity contribution < 1.29 is 13.5 Å². The van der Waals surface area contributed by atoms with Gasteiger partial charge in [0.05, 0.1) is 6.61 Å². The van der Waals surface area contributed by atoms with Crippen molar-refractivity contribution in [3.8, 4) is 0 Å². The molecule has 0 aromatic carbocycles. The molecule has 0 saturated heterocycles. The summed E-state index contributed by atoms with van der Waals surface area (Å²) in [6.45, 7) is 1.83. The van der Waals surface area contributed by atoms with Crippen LogP contribution in [0.15, 0.2) is 16.3 Å². The van der Waals surface area contributed by atoms with E-state index in [4.69, 9.17) is 5.11 Å². The first-order valence-electron chi connectivity index (χ1n) is 5.24.